The second kappa shape index (κ2) is 4.72. The third-order valence-electron chi connectivity index (χ3n) is 1.88. The Balaban J connectivity index is 2.88. The Morgan fingerprint density at radius 1 is 1.54 bits per heavy atom. The molecule has 1 rings (SSSR count). The molecule has 0 aromatic heterocycles. The van der Waals surface area contributed by atoms with E-state index >= 15 is 0 Å². The predicted molar refractivity (Wildman–Crippen MR) is 54.0 cm³/mol. The highest BCUT2D eigenvalue weighted by Crippen LogP contribution is 2.26. The SMILES string of the molecule is CCCC(O)c1ccc(F)cc1Br. The molecule has 0 radical (unpaired) electrons. The Morgan fingerprint density at radius 3 is 2.77 bits per heavy atom. The molecule has 0 saturated carbocycles. The van der Waals surface area contributed by atoms with Gasteiger partial charge in [0.15, 0.2) is 0 Å². The van der Waals surface area contributed by atoms with Crippen LogP contribution in [0, 0.1) is 5.82 Å². The second-order valence-corrected chi connectivity index (χ2v) is 3.82. The van der Waals surface area contributed by atoms with E-state index in [1.165, 1.54) is 12.1 Å². The summed E-state index contributed by atoms with van der Waals surface area (Å²) >= 11 is 3.22. The van der Waals surface area contributed by atoms with Crippen LogP contribution in [-0.4, -0.2) is 5.11 Å². The van der Waals surface area contributed by atoms with Gasteiger partial charge < -0.3 is 5.11 Å². The molecule has 0 saturated heterocycles. The van der Waals surface area contributed by atoms with Crippen molar-refractivity contribution in [1.29, 1.82) is 0 Å². The molecule has 1 aromatic rings. The fourth-order valence-corrected chi connectivity index (χ4v) is 1.82. The van der Waals surface area contributed by atoms with Crippen LogP contribution in [0.4, 0.5) is 4.39 Å². The topological polar surface area (TPSA) is 20.2 Å². The fraction of sp³-hybridized carbons (Fsp3) is 0.400. The first-order valence-corrected chi connectivity index (χ1v) is 5.07. The summed E-state index contributed by atoms with van der Waals surface area (Å²) in [5, 5.41) is 9.64. The van der Waals surface area contributed by atoms with Crippen LogP contribution in [0.15, 0.2) is 22.7 Å². The number of benzene rings is 1. The van der Waals surface area contributed by atoms with Gasteiger partial charge in [-0.1, -0.05) is 35.3 Å². The molecule has 0 bridgehead atoms. The van der Waals surface area contributed by atoms with E-state index in [1.54, 1.807) is 6.07 Å². The Morgan fingerprint density at radius 2 is 2.23 bits per heavy atom. The van der Waals surface area contributed by atoms with Crippen molar-refractivity contribution in [2.45, 2.75) is 25.9 Å². The van der Waals surface area contributed by atoms with Crippen molar-refractivity contribution in [1.82, 2.24) is 0 Å². The van der Waals surface area contributed by atoms with Crippen LogP contribution in [0.3, 0.4) is 0 Å². The van der Waals surface area contributed by atoms with E-state index in [2.05, 4.69) is 15.9 Å². The largest absolute Gasteiger partial charge is 0.388 e. The summed E-state index contributed by atoms with van der Waals surface area (Å²) in [7, 11) is 0. The smallest absolute Gasteiger partial charge is 0.124 e. The Labute approximate surface area is 85.7 Å². The highest BCUT2D eigenvalue weighted by molar-refractivity contribution is 9.10. The van der Waals surface area contributed by atoms with Crippen LogP contribution in [0.25, 0.3) is 0 Å². The lowest BCUT2D eigenvalue weighted by Crippen LogP contribution is -1.98. The molecule has 3 heteroatoms. The number of hydrogen-bond donors (Lipinski definition) is 1. The number of halogens is 2. The zero-order chi connectivity index (χ0) is 9.84. The van der Waals surface area contributed by atoms with Gasteiger partial charge in [-0.3, -0.25) is 0 Å². The summed E-state index contributed by atoms with van der Waals surface area (Å²) in [6, 6.07) is 4.34. The molecule has 1 N–H and O–H groups in total. The van der Waals surface area contributed by atoms with Crippen molar-refractivity contribution < 1.29 is 9.50 Å². The Kier molecular flexibility index (Phi) is 3.88. The average molecular weight is 247 g/mol. The lowest BCUT2D eigenvalue weighted by molar-refractivity contribution is 0.165. The summed E-state index contributed by atoms with van der Waals surface area (Å²) in [5.74, 6) is -0.292. The van der Waals surface area contributed by atoms with Gasteiger partial charge in [0.05, 0.1) is 6.10 Å². The maximum Gasteiger partial charge on any atom is 0.124 e. The van der Waals surface area contributed by atoms with Crippen molar-refractivity contribution in [3.8, 4) is 0 Å². The van der Waals surface area contributed by atoms with E-state index in [9.17, 15) is 9.50 Å². The quantitative estimate of drug-likeness (QED) is 0.867. The maximum atomic E-state index is 12.7. The second-order valence-electron chi connectivity index (χ2n) is 2.97. The summed E-state index contributed by atoms with van der Waals surface area (Å²) < 4.78 is 13.3. The van der Waals surface area contributed by atoms with Crippen molar-refractivity contribution >= 4 is 15.9 Å². The Hall–Kier alpha value is -0.410. The summed E-state index contributed by atoms with van der Waals surface area (Å²) in [5.41, 5.74) is 0.753. The van der Waals surface area contributed by atoms with Crippen molar-refractivity contribution in [2.24, 2.45) is 0 Å². The zero-order valence-corrected chi connectivity index (χ0v) is 9.01. The van der Waals surface area contributed by atoms with Gasteiger partial charge in [-0.2, -0.15) is 0 Å². The lowest BCUT2D eigenvalue weighted by atomic mass is 10.1. The minimum absolute atomic E-state index is 0.292. The zero-order valence-electron chi connectivity index (χ0n) is 7.43. The van der Waals surface area contributed by atoms with Crippen LogP contribution in [0.2, 0.25) is 0 Å². The molecule has 0 spiro atoms. The fourth-order valence-electron chi connectivity index (χ4n) is 1.20. The average Bonchev–Trinajstić information content (AvgIpc) is 2.04. The van der Waals surface area contributed by atoms with Crippen LogP contribution in [-0.2, 0) is 0 Å². The van der Waals surface area contributed by atoms with Gasteiger partial charge in [-0.25, -0.2) is 4.39 Å². The van der Waals surface area contributed by atoms with Crippen LogP contribution in [0.5, 0.6) is 0 Å². The maximum absolute atomic E-state index is 12.7. The summed E-state index contributed by atoms with van der Waals surface area (Å²) in [4.78, 5) is 0. The first-order valence-electron chi connectivity index (χ1n) is 4.28. The van der Waals surface area contributed by atoms with Gasteiger partial charge in [-0.05, 0) is 24.1 Å². The molecule has 0 amide bonds. The van der Waals surface area contributed by atoms with Crippen LogP contribution < -0.4 is 0 Å². The highest BCUT2D eigenvalue weighted by atomic mass is 79.9. The third kappa shape index (κ3) is 2.78. The van der Waals surface area contributed by atoms with Gasteiger partial charge in [0.1, 0.15) is 5.82 Å². The van der Waals surface area contributed by atoms with E-state index in [0.29, 0.717) is 10.9 Å². The molecule has 0 fully saturated rings. The minimum atomic E-state index is -0.500. The van der Waals surface area contributed by atoms with Gasteiger partial charge in [0, 0.05) is 4.47 Å². The normalized spacial score (nSPS) is 12.9. The van der Waals surface area contributed by atoms with E-state index in [-0.39, 0.29) is 5.82 Å². The molecule has 0 aliphatic carbocycles. The molecule has 0 aliphatic heterocycles. The van der Waals surface area contributed by atoms with E-state index < -0.39 is 6.10 Å². The first kappa shape index (κ1) is 10.7. The van der Waals surface area contributed by atoms with E-state index in [0.717, 1.165) is 12.0 Å². The number of aliphatic hydroxyl groups excluding tert-OH is 1. The third-order valence-corrected chi connectivity index (χ3v) is 2.57. The number of rotatable bonds is 3. The highest BCUT2D eigenvalue weighted by Gasteiger charge is 2.10. The molecule has 1 nitrogen and oxygen atoms in total. The molecule has 0 heterocycles. The van der Waals surface area contributed by atoms with Gasteiger partial charge in [0.25, 0.3) is 0 Å². The number of aliphatic hydroxyl groups is 1. The minimum Gasteiger partial charge on any atom is -0.388 e. The molecular weight excluding hydrogens is 235 g/mol. The standard InChI is InChI=1S/C10H12BrFO/c1-2-3-10(13)8-5-4-7(12)6-9(8)11/h4-6,10,13H,2-3H2,1H3. The molecule has 1 unspecified atom stereocenters. The van der Waals surface area contributed by atoms with E-state index in [1.807, 2.05) is 6.92 Å². The Bertz CT molecular complexity index is 288. The number of hydrogen-bond acceptors (Lipinski definition) is 1. The molecule has 0 aliphatic rings. The summed E-state index contributed by atoms with van der Waals surface area (Å²) in [6.45, 7) is 2.00. The van der Waals surface area contributed by atoms with Crippen LogP contribution in [0.1, 0.15) is 31.4 Å². The van der Waals surface area contributed by atoms with Gasteiger partial charge in [0.2, 0.25) is 0 Å². The van der Waals surface area contributed by atoms with Crippen LogP contribution >= 0.6 is 15.9 Å². The molecule has 1 aromatic carbocycles. The van der Waals surface area contributed by atoms with Gasteiger partial charge >= 0.3 is 0 Å². The molecule has 72 valence electrons. The molecule has 13 heavy (non-hydrogen) atoms. The van der Waals surface area contributed by atoms with Crippen molar-refractivity contribution in [2.75, 3.05) is 0 Å². The van der Waals surface area contributed by atoms with E-state index in [4.69, 9.17) is 0 Å². The van der Waals surface area contributed by atoms with Crippen molar-refractivity contribution in [3.05, 3.63) is 34.1 Å². The monoisotopic (exact) mass is 246 g/mol. The summed E-state index contributed by atoms with van der Waals surface area (Å²) in [6.07, 6.45) is 1.11. The lowest BCUT2D eigenvalue weighted by Gasteiger charge is -2.11. The van der Waals surface area contributed by atoms with Crippen molar-refractivity contribution in [3.63, 3.8) is 0 Å². The predicted octanol–water partition coefficient (Wildman–Crippen LogP) is 3.42. The van der Waals surface area contributed by atoms with Gasteiger partial charge in [-0.15, -0.1) is 0 Å². The molecule has 1 atom stereocenters. The first-order chi connectivity index (χ1) is 6.15. The molecular formula is C10H12BrFO.